The summed E-state index contributed by atoms with van der Waals surface area (Å²) < 4.78 is 10.2. The highest BCUT2D eigenvalue weighted by Gasteiger charge is 2.10. The lowest BCUT2D eigenvalue weighted by Gasteiger charge is -2.11. The number of nitrogens with zero attached hydrogens (tertiary/aromatic N) is 1. The molecule has 2 aromatic rings. The lowest BCUT2D eigenvalue weighted by Crippen LogP contribution is -2.17. The minimum Gasteiger partial charge on any atom is -0.502 e. The van der Waals surface area contributed by atoms with Gasteiger partial charge in [0.2, 0.25) is 5.75 Å². The molecule has 6 nitrogen and oxygen atoms in total. The van der Waals surface area contributed by atoms with Crippen molar-refractivity contribution in [3.05, 3.63) is 35.9 Å². The van der Waals surface area contributed by atoms with Crippen molar-refractivity contribution in [1.29, 1.82) is 0 Å². The van der Waals surface area contributed by atoms with Gasteiger partial charge in [-0.15, -0.1) is 0 Å². The summed E-state index contributed by atoms with van der Waals surface area (Å²) in [4.78, 5) is 7.21. The van der Waals surface area contributed by atoms with Crippen LogP contribution in [0.25, 0.3) is 0 Å². The third kappa shape index (κ3) is 3.42. The highest BCUT2D eigenvalue weighted by Crippen LogP contribution is 2.36. The van der Waals surface area contributed by atoms with Crippen LogP contribution in [0.15, 0.2) is 24.5 Å². The topological polar surface area (TPSA) is 79.4 Å². The van der Waals surface area contributed by atoms with Crippen LogP contribution in [0.1, 0.15) is 11.4 Å². The Bertz CT molecular complexity index is 516. The summed E-state index contributed by atoms with van der Waals surface area (Å²) in [7, 11) is 3.03. The molecule has 0 aliphatic rings. The van der Waals surface area contributed by atoms with Gasteiger partial charge in [0.1, 0.15) is 5.82 Å². The number of ether oxygens (including phenoxy) is 2. The van der Waals surface area contributed by atoms with Gasteiger partial charge in [0.15, 0.2) is 11.5 Å². The van der Waals surface area contributed by atoms with Crippen molar-refractivity contribution >= 4 is 0 Å². The summed E-state index contributed by atoms with van der Waals surface area (Å²) in [6, 6.07) is 3.58. The minimum atomic E-state index is 0.0225. The summed E-state index contributed by atoms with van der Waals surface area (Å²) in [5.41, 5.74) is 0.982. The van der Waals surface area contributed by atoms with E-state index >= 15 is 0 Å². The molecular weight excluding hydrogens is 258 g/mol. The second-order valence-electron chi connectivity index (χ2n) is 4.31. The molecule has 0 saturated carbocycles. The van der Waals surface area contributed by atoms with Gasteiger partial charge in [0.05, 0.1) is 14.2 Å². The molecule has 108 valence electrons. The Morgan fingerprint density at radius 1 is 1.25 bits per heavy atom. The Morgan fingerprint density at radius 3 is 2.50 bits per heavy atom. The molecule has 0 bridgehead atoms. The summed E-state index contributed by atoms with van der Waals surface area (Å²) >= 11 is 0. The molecule has 0 fully saturated rings. The van der Waals surface area contributed by atoms with Crippen LogP contribution in [0.3, 0.4) is 0 Å². The number of hydrogen-bond acceptors (Lipinski definition) is 5. The molecule has 0 amide bonds. The second-order valence-corrected chi connectivity index (χ2v) is 4.31. The number of phenols is 1. The first kappa shape index (κ1) is 14.2. The zero-order valence-corrected chi connectivity index (χ0v) is 11.6. The number of methoxy groups -OCH3 is 2. The van der Waals surface area contributed by atoms with Crippen molar-refractivity contribution in [1.82, 2.24) is 15.3 Å². The summed E-state index contributed by atoms with van der Waals surface area (Å²) in [6.07, 6.45) is 4.38. The van der Waals surface area contributed by atoms with Gasteiger partial charge in [-0.25, -0.2) is 4.98 Å². The highest BCUT2D eigenvalue weighted by molar-refractivity contribution is 5.52. The van der Waals surface area contributed by atoms with Gasteiger partial charge in [-0.05, 0) is 17.7 Å². The lowest BCUT2D eigenvalue weighted by atomic mass is 10.2. The number of imidazole rings is 1. The Kier molecular flexibility index (Phi) is 4.84. The average Bonchev–Trinajstić information content (AvgIpc) is 2.98. The molecule has 0 saturated heterocycles. The van der Waals surface area contributed by atoms with Gasteiger partial charge < -0.3 is 24.9 Å². The molecule has 0 aliphatic carbocycles. The first-order valence-corrected chi connectivity index (χ1v) is 6.37. The van der Waals surface area contributed by atoms with Crippen molar-refractivity contribution < 1.29 is 14.6 Å². The number of aromatic amines is 1. The molecule has 1 aromatic carbocycles. The highest BCUT2D eigenvalue weighted by atomic mass is 16.5. The average molecular weight is 277 g/mol. The fourth-order valence-electron chi connectivity index (χ4n) is 1.92. The Balaban J connectivity index is 1.92. The number of aromatic hydroxyl groups is 1. The van der Waals surface area contributed by atoms with E-state index in [2.05, 4.69) is 15.3 Å². The fraction of sp³-hybridized carbons (Fsp3) is 0.357. The van der Waals surface area contributed by atoms with E-state index in [1.165, 1.54) is 14.2 Å². The van der Waals surface area contributed by atoms with E-state index in [9.17, 15) is 5.11 Å². The van der Waals surface area contributed by atoms with E-state index in [0.717, 1.165) is 24.4 Å². The second kappa shape index (κ2) is 6.81. The van der Waals surface area contributed by atoms with Gasteiger partial charge in [0, 0.05) is 31.9 Å². The van der Waals surface area contributed by atoms with Crippen molar-refractivity contribution in [2.75, 3.05) is 20.8 Å². The van der Waals surface area contributed by atoms with E-state index in [4.69, 9.17) is 9.47 Å². The van der Waals surface area contributed by atoms with Crippen molar-refractivity contribution in [2.45, 2.75) is 13.0 Å². The molecule has 3 N–H and O–H groups in total. The van der Waals surface area contributed by atoms with Crippen molar-refractivity contribution in [3.63, 3.8) is 0 Å². The van der Waals surface area contributed by atoms with Crippen molar-refractivity contribution in [2.24, 2.45) is 0 Å². The standard InChI is InChI=1S/C14H19N3O3/c1-19-11-7-10(8-12(20-2)14(11)18)9-15-4-3-13-16-5-6-17-13/h5-8,15,18H,3-4,9H2,1-2H3,(H,16,17). The third-order valence-electron chi connectivity index (χ3n) is 2.96. The molecule has 2 rings (SSSR count). The molecule has 20 heavy (non-hydrogen) atoms. The first-order valence-electron chi connectivity index (χ1n) is 6.37. The number of hydrogen-bond donors (Lipinski definition) is 3. The largest absolute Gasteiger partial charge is 0.502 e. The predicted octanol–water partition coefficient (Wildman–Crippen LogP) is 1.46. The molecule has 0 unspecified atom stereocenters. The van der Waals surface area contributed by atoms with E-state index in [-0.39, 0.29) is 5.75 Å². The fourth-order valence-corrected chi connectivity index (χ4v) is 1.92. The smallest absolute Gasteiger partial charge is 0.200 e. The maximum atomic E-state index is 9.83. The molecule has 0 aliphatic heterocycles. The van der Waals surface area contributed by atoms with Crippen LogP contribution < -0.4 is 14.8 Å². The van der Waals surface area contributed by atoms with E-state index in [1.807, 2.05) is 6.20 Å². The summed E-state index contributed by atoms with van der Waals surface area (Å²) in [5, 5.41) is 13.1. The van der Waals surface area contributed by atoms with Crippen LogP contribution in [0.2, 0.25) is 0 Å². The molecule has 0 spiro atoms. The summed E-state index contributed by atoms with van der Waals surface area (Å²) in [5.74, 6) is 1.80. The van der Waals surface area contributed by atoms with Crippen LogP contribution in [0.5, 0.6) is 17.2 Å². The quantitative estimate of drug-likeness (QED) is 0.668. The summed E-state index contributed by atoms with van der Waals surface area (Å²) in [6.45, 7) is 1.47. The third-order valence-corrected chi connectivity index (χ3v) is 2.96. The molecular formula is C14H19N3O3. The van der Waals surface area contributed by atoms with Gasteiger partial charge >= 0.3 is 0 Å². The lowest BCUT2D eigenvalue weighted by molar-refractivity contribution is 0.339. The van der Waals surface area contributed by atoms with E-state index in [0.29, 0.717) is 18.0 Å². The van der Waals surface area contributed by atoms with Crippen LogP contribution >= 0.6 is 0 Å². The molecule has 0 atom stereocenters. The zero-order valence-electron chi connectivity index (χ0n) is 11.6. The number of H-pyrrole nitrogens is 1. The monoisotopic (exact) mass is 277 g/mol. The maximum Gasteiger partial charge on any atom is 0.200 e. The van der Waals surface area contributed by atoms with Crippen LogP contribution in [0, 0.1) is 0 Å². The SMILES string of the molecule is COc1cc(CNCCc2ncc[nH]2)cc(OC)c1O. The number of aromatic nitrogens is 2. The van der Waals surface area contributed by atoms with Crippen LogP contribution in [-0.4, -0.2) is 35.8 Å². The normalized spacial score (nSPS) is 10.5. The Morgan fingerprint density at radius 2 is 1.95 bits per heavy atom. The van der Waals surface area contributed by atoms with Gasteiger partial charge in [-0.3, -0.25) is 0 Å². The minimum absolute atomic E-state index is 0.0225. The Hall–Kier alpha value is -2.21. The van der Waals surface area contributed by atoms with Gasteiger partial charge in [0.25, 0.3) is 0 Å². The van der Waals surface area contributed by atoms with Gasteiger partial charge in [-0.1, -0.05) is 0 Å². The molecule has 0 radical (unpaired) electrons. The zero-order chi connectivity index (χ0) is 14.4. The van der Waals surface area contributed by atoms with E-state index < -0.39 is 0 Å². The Labute approximate surface area is 117 Å². The molecule has 1 heterocycles. The molecule has 1 aromatic heterocycles. The van der Waals surface area contributed by atoms with Gasteiger partial charge in [-0.2, -0.15) is 0 Å². The number of benzene rings is 1. The maximum absolute atomic E-state index is 9.83. The predicted molar refractivity (Wildman–Crippen MR) is 75.2 cm³/mol. The number of phenolic OH excluding ortho intramolecular Hbond substituents is 1. The van der Waals surface area contributed by atoms with Crippen molar-refractivity contribution in [3.8, 4) is 17.2 Å². The van der Waals surface area contributed by atoms with Crippen LogP contribution in [0.4, 0.5) is 0 Å². The van der Waals surface area contributed by atoms with Crippen LogP contribution in [-0.2, 0) is 13.0 Å². The van der Waals surface area contributed by atoms with E-state index in [1.54, 1.807) is 18.3 Å². The number of rotatable bonds is 7. The molecule has 6 heteroatoms. The number of nitrogens with one attached hydrogen (secondary N) is 2. The first-order chi connectivity index (χ1) is 9.74.